The minimum atomic E-state index is -3.64. The third kappa shape index (κ3) is 5.62. The maximum absolute atomic E-state index is 12.6. The molecule has 1 saturated heterocycles. The number of nitrogens with one attached hydrogen (secondary N) is 3. The Bertz CT molecular complexity index is 907. The van der Waals surface area contributed by atoms with E-state index < -0.39 is 10.0 Å². The SMILES string of the molecule is CC(=O)Nc1ccc(S(=O)(=O)NCc2ccccc2C[NH+]2CCOCC2)cc1. The Labute approximate surface area is 165 Å². The molecule has 2 aromatic rings. The van der Waals surface area contributed by atoms with Gasteiger partial charge in [-0.2, -0.15) is 0 Å². The highest BCUT2D eigenvalue weighted by molar-refractivity contribution is 7.89. The predicted octanol–water partition coefficient (Wildman–Crippen LogP) is 0.539. The number of amides is 1. The Morgan fingerprint density at radius 1 is 1.04 bits per heavy atom. The molecule has 0 aliphatic carbocycles. The number of hydrogen-bond donors (Lipinski definition) is 3. The molecular weight excluding hydrogens is 378 g/mol. The molecule has 3 rings (SSSR count). The highest BCUT2D eigenvalue weighted by Crippen LogP contribution is 2.15. The summed E-state index contributed by atoms with van der Waals surface area (Å²) in [4.78, 5) is 12.7. The van der Waals surface area contributed by atoms with Crippen LogP contribution in [-0.2, 0) is 32.6 Å². The molecule has 150 valence electrons. The van der Waals surface area contributed by atoms with Crippen LogP contribution in [0.25, 0.3) is 0 Å². The third-order valence-electron chi connectivity index (χ3n) is 4.70. The van der Waals surface area contributed by atoms with E-state index >= 15 is 0 Å². The minimum absolute atomic E-state index is 0.165. The Morgan fingerprint density at radius 3 is 2.32 bits per heavy atom. The molecule has 3 N–H and O–H groups in total. The second-order valence-electron chi connectivity index (χ2n) is 6.84. The zero-order valence-corrected chi connectivity index (χ0v) is 16.7. The molecule has 1 aliphatic heterocycles. The molecular formula is C20H26N3O4S+. The summed E-state index contributed by atoms with van der Waals surface area (Å²) in [7, 11) is -3.64. The van der Waals surface area contributed by atoms with E-state index in [-0.39, 0.29) is 17.3 Å². The van der Waals surface area contributed by atoms with Crippen LogP contribution in [0.15, 0.2) is 53.4 Å². The topological polar surface area (TPSA) is 88.9 Å². The first kappa shape index (κ1) is 20.5. The van der Waals surface area contributed by atoms with Crippen molar-refractivity contribution in [3.8, 4) is 0 Å². The largest absolute Gasteiger partial charge is 0.370 e. The molecule has 8 heteroatoms. The molecule has 0 saturated carbocycles. The van der Waals surface area contributed by atoms with Crippen LogP contribution < -0.4 is 14.9 Å². The average molecular weight is 405 g/mol. The summed E-state index contributed by atoms with van der Waals surface area (Å²) in [5.74, 6) is -0.201. The Kier molecular flexibility index (Phi) is 6.79. The van der Waals surface area contributed by atoms with Gasteiger partial charge in [-0.15, -0.1) is 0 Å². The molecule has 0 spiro atoms. The number of benzene rings is 2. The molecule has 2 aromatic carbocycles. The quantitative estimate of drug-likeness (QED) is 0.628. The van der Waals surface area contributed by atoms with Crippen LogP contribution in [0.1, 0.15) is 18.1 Å². The van der Waals surface area contributed by atoms with Crippen LogP contribution >= 0.6 is 0 Å². The van der Waals surface area contributed by atoms with Crippen molar-refractivity contribution in [2.45, 2.75) is 24.9 Å². The van der Waals surface area contributed by atoms with Crippen molar-refractivity contribution < 1.29 is 22.8 Å². The molecule has 0 unspecified atom stereocenters. The zero-order valence-electron chi connectivity index (χ0n) is 15.9. The second-order valence-corrected chi connectivity index (χ2v) is 8.60. The van der Waals surface area contributed by atoms with Gasteiger partial charge in [0.1, 0.15) is 19.6 Å². The second kappa shape index (κ2) is 9.29. The van der Waals surface area contributed by atoms with Gasteiger partial charge >= 0.3 is 0 Å². The molecule has 0 atom stereocenters. The smallest absolute Gasteiger partial charge is 0.240 e. The van der Waals surface area contributed by atoms with Crippen LogP contribution in [-0.4, -0.2) is 40.6 Å². The van der Waals surface area contributed by atoms with E-state index in [1.807, 2.05) is 24.3 Å². The van der Waals surface area contributed by atoms with E-state index in [9.17, 15) is 13.2 Å². The van der Waals surface area contributed by atoms with Gasteiger partial charge in [0.25, 0.3) is 0 Å². The predicted molar refractivity (Wildman–Crippen MR) is 106 cm³/mol. The number of quaternary nitrogens is 1. The molecule has 1 amide bonds. The first-order valence-corrected chi connectivity index (χ1v) is 10.8. The number of morpholine rings is 1. The monoisotopic (exact) mass is 404 g/mol. The summed E-state index contributed by atoms with van der Waals surface area (Å²) in [6.45, 7) is 5.93. The van der Waals surface area contributed by atoms with Crippen molar-refractivity contribution in [3.05, 3.63) is 59.7 Å². The van der Waals surface area contributed by atoms with Crippen LogP contribution in [0.4, 0.5) is 5.69 Å². The minimum Gasteiger partial charge on any atom is -0.370 e. The fourth-order valence-corrected chi connectivity index (χ4v) is 4.19. The molecule has 1 fully saturated rings. The van der Waals surface area contributed by atoms with Gasteiger partial charge in [0, 0.05) is 24.7 Å². The van der Waals surface area contributed by atoms with E-state index in [0.29, 0.717) is 5.69 Å². The summed E-state index contributed by atoms with van der Waals surface area (Å²) < 4.78 is 33.3. The highest BCUT2D eigenvalue weighted by Gasteiger charge is 2.18. The highest BCUT2D eigenvalue weighted by atomic mass is 32.2. The lowest BCUT2D eigenvalue weighted by Crippen LogP contribution is -3.12. The normalized spacial score (nSPS) is 15.3. The number of hydrogen-bond acceptors (Lipinski definition) is 4. The Balaban J connectivity index is 1.66. The summed E-state index contributed by atoms with van der Waals surface area (Å²) >= 11 is 0. The van der Waals surface area contributed by atoms with Gasteiger partial charge in [-0.05, 0) is 29.8 Å². The van der Waals surface area contributed by atoms with Gasteiger partial charge in [-0.1, -0.05) is 24.3 Å². The fourth-order valence-electron chi connectivity index (χ4n) is 3.19. The van der Waals surface area contributed by atoms with E-state index in [2.05, 4.69) is 10.0 Å². The van der Waals surface area contributed by atoms with Crippen LogP contribution in [0.2, 0.25) is 0 Å². The summed E-state index contributed by atoms with van der Waals surface area (Å²) in [6, 6.07) is 14.0. The van der Waals surface area contributed by atoms with Crippen molar-refractivity contribution in [1.82, 2.24) is 4.72 Å². The molecule has 0 radical (unpaired) electrons. The number of carbonyl (C=O) groups excluding carboxylic acids is 1. The van der Waals surface area contributed by atoms with Gasteiger partial charge in [-0.25, -0.2) is 13.1 Å². The maximum atomic E-state index is 12.6. The lowest BCUT2D eigenvalue weighted by Gasteiger charge is -2.24. The molecule has 1 aliphatic rings. The molecule has 7 nitrogen and oxygen atoms in total. The van der Waals surface area contributed by atoms with Crippen LogP contribution in [0.5, 0.6) is 0 Å². The first-order valence-electron chi connectivity index (χ1n) is 9.29. The lowest BCUT2D eigenvalue weighted by molar-refractivity contribution is -0.921. The van der Waals surface area contributed by atoms with Crippen molar-refractivity contribution in [2.24, 2.45) is 0 Å². The summed E-state index contributed by atoms with van der Waals surface area (Å²) in [5.41, 5.74) is 2.67. The number of rotatable bonds is 7. The van der Waals surface area contributed by atoms with Crippen molar-refractivity contribution in [2.75, 3.05) is 31.6 Å². The average Bonchev–Trinajstić information content (AvgIpc) is 2.68. The van der Waals surface area contributed by atoms with Crippen molar-refractivity contribution >= 4 is 21.6 Å². The zero-order chi connectivity index (χ0) is 20.0. The van der Waals surface area contributed by atoms with Crippen molar-refractivity contribution in [3.63, 3.8) is 0 Å². The Hall–Kier alpha value is -2.26. The van der Waals surface area contributed by atoms with Crippen molar-refractivity contribution in [1.29, 1.82) is 0 Å². The van der Waals surface area contributed by atoms with Gasteiger partial charge in [0.2, 0.25) is 15.9 Å². The van der Waals surface area contributed by atoms with E-state index in [0.717, 1.165) is 44.0 Å². The van der Waals surface area contributed by atoms with Crippen LogP contribution in [0.3, 0.4) is 0 Å². The standard InChI is InChI=1S/C20H25N3O4S/c1-16(24)22-19-6-8-20(9-7-19)28(25,26)21-14-17-4-2-3-5-18(17)15-23-10-12-27-13-11-23/h2-9,21H,10-15H2,1H3,(H,22,24)/p+1. The summed E-state index contributed by atoms with van der Waals surface area (Å²) in [6.07, 6.45) is 0. The maximum Gasteiger partial charge on any atom is 0.240 e. The van der Waals surface area contributed by atoms with Gasteiger partial charge in [0.05, 0.1) is 18.1 Å². The van der Waals surface area contributed by atoms with E-state index in [1.54, 1.807) is 12.1 Å². The summed E-state index contributed by atoms with van der Waals surface area (Å²) in [5, 5.41) is 2.62. The molecule has 0 aromatic heterocycles. The van der Waals surface area contributed by atoms with E-state index in [4.69, 9.17) is 4.74 Å². The Morgan fingerprint density at radius 2 is 1.68 bits per heavy atom. The molecule has 28 heavy (non-hydrogen) atoms. The lowest BCUT2D eigenvalue weighted by atomic mass is 10.1. The van der Waals surface area contributed by atoms with Gasteiger partial charge < -0.3 is 15.0 Å². The number of sulfonamides is 1. The molecule has 1 heterocycles. The van der Waals surface area contributed by atoms with Crippen LogP contribution in [0, 0.1) is 0 Å². The number of anilines is 1. The number of ether oxygens (including phenoxy) is 1. The molecule has 0 bridgehead atoms. The number of carbonyl (C=O) groups is 1. The van der Waals surface area contributed by atoms with Gasteiger partial charge in [0.15, 0.2) is 0 Å². The van der Waals surface area contributed by atoms with Gasteiger partial charge in [-0.3, -0.25) is 4.79 Å². The first-order chi connectivity index (χ1) is 13.4. The fraction of sp³-hybridized carbons (Fsp3) is 0.350. The van der Waals surface area contributed by atoms with E-state index in [1.165, 1.54) is 24.0 Å². The third-order valence-corrected chi connectivity index (χ3v) is 6.11.